The predicted molar refractivity (Wildman–Crippen MR) is 109 cm³/mol. The van der Waals surface area contributed by atoms with Crippen molar-refractivity contribution in [3.8, 4) is 6.07 Å². The molecule has 6 nitrogen and oxygen atoms in total. The molecule has 1 N–H and O–H groups in total. The zero-order valence-electron chi connectivity index (χ0n) is 14.6. The Kier molecular flexibility index (Phi) is 4.90. The molecule has 0 saturated heterocycles. The van der Waals surface area contributed by atoms with Gasteiger partial charge < -0.3 is 9.73 Å². The number of fused-ring (bicyclic) bond motifs is 3. The number of rotatable bonds is 4. The number of anilines is 1. The molecule has 0 bridgehead atoms. The van der Waals surface area contributed by atoms with Crippen molar-refractivity contribution in [3.63, 3.8) is 0 Å². The molecule has 0 aliphatic heterocycles. The van der Waals surface area contributed by atoms with Crippen LogP contribution in [-0.4, -0.2) is 21.1 Å². The molecule has 1 amide bonds. The van der Waals surface area contributed by atoms with Crippen LogP contribution in [0.25, 0.3) is 22.1 Å². The average molecular weight is 409 g/mol. The number of amides is 1. The molecule has 0 spiro atoms. The van der Waals surface area contributed by atoms with E-state index in [0.29, 0.717) is 26.9 Å². The fraction of sp³-hybridized carbons (Fsp3) is 0.100. The Morgan fingerprint density at radius 2 is 2.11 bits per heavy atom. The second kappa shape index (κ2) is 7.50. The van der Waals surface area contributed by atoms with Gasteiger partial charge in [0.2, 0.25) is 5.91 Å². The molecule has 2 heterocycles. The van der Waals surface area contributed by atoms with E-state index in [-0.39, 0.29) is 5.91 Å². The molecule has 2 aromatic heterocycles. The molecule has 0 aliphatic rings. The van der Waals surface area contributed by atoms with Gasteiger partial charge in [0, 0.05) is 11.1 Å². The second-order valence-electron chi connectivity index (χ2n) is 6.01. The van der Waals surface area contributed by atoms with Gasteiger partial charge in [-0.25, -0.2) is 9.97 Å². The third kappa shape index (κ3) is 3.40. The van der Waals surface area contributed by atoms with Crippen molar-refractivity contribution in [3.05, 3.63) is 59.4 Å². The summed E-state index contributed by atoms with van der Waals surface area (Å²) in [6.07, 6.45) is 1.47. The van der Waals surface area contributed by atoms with Gasteiger partial charge in [0.15, 0.2) is 5.58 Å². The molecule has 4 rings (SSSR count). The first-order chi connectivity index (χ1) is 13.6. The lowest BCUT2D eigenvalue weighted by molar-refractivity contribution is -0.115. The van der Waals surface area contributed by atoms with Crippen molar-refractivity contribution in [2.75, 3.05) is 5.32 Å². The largest absolute Gasteiger partial charge is 0.451 e. The molecule has 0 saturated carbocycles. The molecule has 0 fully saturated rings. The Hall–Kier alpha value is -3.08. The summed E-state index contributed by atoms with van der Waals surface area (Å²) in [7, 11) is 0. The molecule has 138 valence electrons. The third-order valence-corrected chi connectivity index (χ3v) is 5.53. The van der Waals surface area contributed by atoms with E-state index in [1.54, 1.807) is 25.1 Å². The quantitative estimate of drug-likeness (QED) is 0.376. The van der Waals surface area contributed by atoms with Crippen LogP contribution in [-0.2, 0) is 4.79 Å². The van der Waals surface area contributed by atoms with Crippen molar-refractivity contribution >= 4 is 57.0 Å². The highest BCUT2D eigenvalue weighted by Gasteiger charge is 2.20. The first kappa shape index (κ1) is 18.3. The summed E-state index contributed by atoms with van der Waals surface area (Å²) in [6.45, 7) is 1.78. The summed E-state index contributed by atoms with van der Waals surface area (Å²) < 4.78 is 5.90. The maximum Gasteiger partial charge on any atom is 0.237 e. The van der Waals surface area contributed by atoms with Gasteiger partial charge in [-0.1, -0.05) is 35.5 Å². The zero-order valence-corrected chi connectivity index (χ0v) is 16.2. The molecular formula is C20H13ClN4O2S. The molecule has 2 aromatic carbocycles. The Morgan fingerprint density at radius 3 is 2.89 bits per heavy atom. The number of benzene rings is 2. The van der Waals surface area contributed by atoms with E-state index in [4.69, 9.17) is 21.3 Å². The number of para-hydroxylation sites is 1. The molecule has 8 heteroatoms. The normalized spacial score (nSPS) is 12.0. The number of carbonyl (C=O) groups excluding carboxylic acids is 1. The number of nitrogens with one attached hydrogen (secondary N) is 1. The summed E-state index contributed by atoms with van der Waals surface area (Å²) in [5.74, 6) is -0.214. The van der Waals surface area contributed by atoms with Gasteiger partial charge in [-0.15, -0.1) is 0 Å². The lowest BCUT2D eigenvalue weighted by Crippen LogP contribution is -2.22. The summed E-state index contributed by atoms with van der Waals surface area (Å²) in [5.41, 5.74) is 2.90. The summed E-state index contributed by atoms with van der Waals surface area (Å²) in [6, 6.07) is 14.4. The first-order valence-electron chi connectivity index (χ1n) is 8.36. The minimum absolute atomic E-state index is 0.214. The van der Waals surface area contributed by atoms with Crippen LogP contribution in [0.5, 0.6) is 0 Å². The molecule has 0 unspecified atom stereocenters. The summed E-state index contributed by atoms with van der Waals surface area (Å²) >= 11 is 7.30. The van der Waals surface area contributed by atoms with Crippen molar-refractivity contribution in [2.24, 2.45) is 0 Å². The van der Waals surface area contributed by atoms with E-state index in [2.05, 4.69) is 15.3 Å². The van der Waals surface area contributed by atoms with E-state index in [0.717, 1.165) is 16.5 Å². The molecule has 0 aliphatic carbocycles. The van der Waals surface area contributed by atoms with Gasteiger partial charge in [-0.05, 0) is 37.3 Å². The van der Waals surface area contributed by atoms with Gasteiger partial charge in [-0.3, -0.25) is 4.79 Å². The molecule has 4 aromatic rings. The molecular weight excluding hydrogens is 396 g/mol. The number of furan rings is 1. The lowest BCUT2D eigenvalue weighted by Gasteiger charge is -2.12. The number of hydrogen-bond acceptors (Lipinski definition) is 6. The lowest BCUT2D eigenvalue weighted by atomic mass is 10.2. The highest BCUT2D eigenvalue weighted by molar-refractivity contribution is 8.00. The van der Waals surface area contributed by atoms with Gasteiger partial charge >= 0.3 is 0 Å². The number of halogens is 1. The zero-order chi connectivity index (χ0) is 19.7. The van der Waals surface area contributed by atoms with Crippen LogP contribution < -0.4 is 5.32 Å². The van der Waals surface area contributed by atoms with Gasteiger partial charge in [0.1, 0.15) is 28.5 Å². The Morgan fingerprint density at radius 1 is 1.29 bits per heavy atom. The van der Waals surface area contributed by atoms with Crippen LogP contribution in [0.2, 0.25) is 5.02 Å². The van der Waals surface area contributed by atoms with Crippen LogP contribution in [0.3, 0.4) is 0 Å². The minimum Gasteiger partial charge on any atom is -0.451 e. The van der Waals surface area contributed by atoms with E-state index >= 15 is 0 Å². The minimum atomic E-state index is -0.444. The molecule has 0 radical (unpaired) electrons. The second-order valence-corrected chi connectivity index (χ2v) is 7.75. The van der Waals surface area contributed by atoms with Crippen LogP contribution in [0.4, 0.5) is 5.69 Å². The first-order valence-corrected chi connectivity index (χ1v) is 9.62. The Balaban J connectivity index is 1.56. The highest BCUT2D eigenvalue weighted by atomic mass is 35.5. The van der Waals surface area contributed by atoms with Crippen LogP contribution in [0.1, 0.15) is 12.5 Å². The van der Waals surface area contributed by atoms with Crippen LogP contribution in [0.15, 0.2) is 58.2 Å². The van der Waals surface area contributed by atoms with Crippen LogP contribution >= 0.6 is 23.4 Å². The average Bonchev–Trinajstić information content (AvgIpc) is 3.08. The number of carbonyl (C=O) groups is 1. The van der Waals surface area contributed by atoms with Crippen molar-refractivity contribution in [1.82, 2.24) is 9.97 Å². The monoisotopic (exact) mass is 408 g/mol. The topological polar surface area (TPSA) is 91.8 Å². The van der Waals surface area contributed by atoms with Crippen molar-refractivity contribution < 1.29 is 9.21 Å². The Labute approximate surface area is 169 Å². The van der Waals surface area contributed by atoms with E-state index in [1.165, 1.54) is 18.1 Å². The van der Waals surface area contributed by atoms with Gasteiger partial charge in [0.05, 0.1) is 15.8 Å². The van der Waals surface area contributed by atoms with Gasteiger partial charge in [0.25, 0.3) is 0 Å². The number of hydrogen-bond donors (Lipinski definition) is 1. The highest BCUT2D eigenvalue weighted by Crippen LogP contribution is 2.34. The van der Waals surface area contributed by atoms with E-state index in [1.807, 2.05) is 30.3 Å². The maximum absolute atomic E-state index is 12.6. The fourth-order valence-electron chi connectivity index (χ4n) is 2.73. The summed E-state index contributed by atoms with van der Waals surface area (Å²) in [4.78, 5) is 21.2. The number of nitrogens with zero attached hydrogens (tertiary/aromatic N) is 3. The van der Waals surface area contributed by atoms with E-state index < -0.39 is 5.25 Å². The van der Waals surface area contributed by atoms with Crippen molar-refractivity contribution in [1.29, 1.82) is 5.26 Å². The molecule has 28 heavy (non-hydrogen) atoms. The fourth-order valence-corrected chi connectivity index (χ4v) is 3.81. The van der Waals surface area contributed by atoms with Crippen LogP contribution in [0, 0.1) is 11.3 Å². The predicted octanol–water partition coefficient (Wildman–Crippen LogP) is 5.02. The van der Waals surface area contributed by atoms with Gasteiger partial charge in [-0.2, -0.15) is 5.26 Å². The Bertz CT molecular complexity index is 1250. The number of nitriles is 1. The number of thioether (sulfide) groups is 1. The van der Waals surface area contributed by atoms with E-state index in [9.17, 15) is 4.79 Å². The summed E-state index contributed by atoms with van der Waals surface area (Å²) in [5, 5.41) is 13.1. The standard InChI is InChI=1S/C20H13ClN4O2S/c1-11(19(26)25-13-7-6-12(9-22)15(21)8-13)28-20-18-17(23-10-24-20)14-4-2-3-5-16(14)27-18/h2-8,10-11H,1H3,(H,25,26)/t11-/m1/s1. The number of aromatic nitrogens is 2. The SMILES string of the molecule is C[C@@H](Sc1ncnc2c1oc1ccccc12)C(=O)Nc1ccc(C#N)c(Cl)c1. The third-order valence-electron chi connectivity index (χ3n) is 4.14. The maximum atomic E-state index is 12.6. The smallest absolute Gasteiger partial charge is 0.237 e. The van der Waals surface area contributed by atoms with Crippen molar-refractivity contribution in [2.45, 2.75) is 17.2 Å². The molecule has 1 atom stereocenters.